The predicted octanol–water partition coefficient (Wildman–Crippen LogP) is 3.92. The van der Waals surface area contributed by atoms with Crippen LogP contribution in [0.25, 0.3) is 0 Å². The summed E-state index contributed by atoms with van der Waals surface area (Å²) in [6.07, 6.45) is 2.39. The van der Waals surface area contributed by atoms with Gasteiger partial charge in [0.15, 0.2) is 11.6 Å². The van der Waals surface area contributed by atoms with Gasteiger partial charge in [0.05, 0.1) is 0 Å². The van der Waals surface area contributed by atoms with Crippen molar-refractivity contribution in [3.63, 3.8) is 0 Å². The average molecular weight is 255 g/mol. The van der Waals surface area contributed by atoms with Crippen molar-refractivity contribution in [3.05, 3.63) is 35.4 Å². The highest BCUT2D eigenvalue weighted by molar-refractivity contribution is 5.18. The molecule has 1 N–H and O–H groups in total. The van der Waals surface area contributed by atoms with Crippen LogP contribution in [0.5, 0.6) is 0 Å². The van der Waals surface area contributed by atoms with Gasteiger partial charge in [0, 0.05) is 6.04 Å². The molecule has 1 rings (SSSR count). The van der Waals surface area contributed by atoms with Crippen LogP contribution in [-0.2, 0) is 6.42 Å². The molecule has 1 unspecified atom stereocenters. The van der Waals surface area contributed by atoms with Gasteiger partial charge in [0.2, 0.25) is 0 Å². The van der Waals surface area contributed by atoms with Gasteiger partial charge in [-0.15, -0.1) is 0 Å². The largest absolute Gasteiger partial charge is 0.316 e. The summed E-state index contributed by atoms with van der Waals surface area (Å²) in [5.41, 5.74) is 0.647. The average Bonchev–Trinajstić information content (AvgIpc) is 2.28. The molecule has 0 aliphatic rings. The fraction of sp³-hybridized carbons (Fsp3) is 0.600. The van der Waals surface area contributed by atoms with E-state index in [0.717, 1.165) is 18.9 Å². The van der Waals surface area contributed by atoms with Gasteiger partial charge in [-0.2, -0.15) is 0 Å². The predicted molar refractivity (Wildman–Crippen MR) is 71.6 cm³/mol. The monoisotopic (exact) mass is 255 g/mol. The molecule has 0 aliphatic heterocycles. The molecular weight excluding hydrogens is 232 g/mol. The van der Waals surface area contributed by atoms with E-state index in [4.69, 9.17) is 0 Å². The van der Waals surface area contributed by atoms with E-state index in [9.17, 15) is 8.78 Å². The Bertz CT molecular complexity index is 383. The summed E-state index contributed by atoms with van der Waals surface area (Å²) in [6, 6.07) is 4.76. The minimum Gasteiger partial charge on any atom is -0.316 e. The van der Waals surface area contributed by atoms with Gasteiger partial charge in [-0.05, 0) is 43.4 Å². The molecule has 0 radical (unpaired) electrons. The van der Waals surface area contributed by atoms with Gasteiger partial charge < -0.3 is 5.32 Å². The first kappa shape index (κ1) is 15.1. The lowest BCUT2D eigenvalue weighted by Crippen LogP contribution is -2.37. The third kappa shape index (κ3) is 4.05. The Morgan fingerprint density at radius 2 is 1.89 bits per heavy atom. The van der Waals surface area contributed by atoms with Crippen molar-refractivity contribution in [2.24, 2.45) is 5.41 Å². The standard InChI is InChI=1S/C15H23F2N/c1-15(2,3)13(18-4)10-6-8-11-7-5-9-12(16)14(11)17/h5,7,9,13,18H,6,8,10H2,1-4H3. The third-order valence-electron chi connectivity index (χ3n) is 3.36. The highest BCUT2D eigenvalue weighted by atomic mass is 19.2. The molecular formula is C15H23F2N. The van der Waals surface area contributed by atoms with E-state index in [2.05, 4.69) is 26.1 Å². The van der Waals surface area contributed by atoms with E-state index >= 15 is 0 Å². The second-order valence-electron chi connectivity index (χ2n) is 5.81. The maximum atomic E-state index is 13.5. The van der Waals surface area contributed by atoms with Gasteiger partial charge in [-0.25, -0.2) is 8.78 Å². The Hall–Kier alpha value is -0.960. The summed E-state index contributed by atoms with van der Waals surface area (Å²) >= 11 is 0. The van der Waals surface area contributed by atoms with Gasteiger partial charge in [-0.1, -0.05) is 32.9 Å². The molecule has 0 aromatic heterocycles. The van der Waals surface area contributed by atoms with Gasteiger partial charge in [0.25, 0.3) is 0 Å². The Morgan fingerprint density at radius 3 is 2.44 bits per heavy atom. The van der Waals surface area contributed by atoms with E-state index < -0.39 is 11.6 Å². The lowest BCUT2D eigenvalue weighted by atomic mass is 9.83. The molecule has 1 nitrogen and oxygen atoms in total. The lowest BCUT2D eigenvalue weighted by molar-refractivity contribution is 0.263. The SMILES string of the molecule is CNC(CCCc1cccc(F)c1F)C(C)(C)C. The minimum atomic E-state index is -0.756. The first-order valence-corrected chi connectivity index (χ1v) is 6.46. The van der Waals surface area contributed by atoms with E-state index in [0.29, 0.717) is 18.0 Å². The Kier molecular flexibility index (Phi) is 5.27. The zero-order chi connectivity index (χ0) is 13.8. The normalized spacial score (nSPS) is 13.7. The van der Waals surface area contributed by atoms with Crippen LogP contribution in [0.3, 0.4) is 0 Å². The summed E-state index contributed by atoms with van der Waals surface area (Å²) in [5.74, 6) is -1.46. The summed E-state index contributed by atoms with van der Waals surface area (Å²) in [6.45, 7) is 6.53. The molecule has 0 fully saturated rings. The highest BCUT2D eigenvalue weighted by Crippen LogP contribution is 2.23. The highest BCUT2D eigenvalue weighted by Gasteiger charge is 2.22. The second-order valence-corrected chi connectivity index (χ2v) is 5.81. The molecule has 0 saturated carbocycles. The van der Waals surface area contributed by atoms with Crippen LogP contribution in [0, 0.1) is 17.0 Å². The van der Waals surface area contributed by atoms with E-state index in [1.54, 1.807) is 12.1 Å². The molecule has 3 heteroatoms. The number of hydrogen-bond donors (Lipinski definition) is 1. The molecule has 0 amide bonds. The molecule has 1 aromatic rings. The molecule has 0 saturated heterocycles. The fourth-order valence-corrected chi connectivity index (χ4v) is 2.25. The van der Waals surface area contributed by atoms with Crippen LogP contribution in [0.15, 0.2) is 18.2 Å². The molecule has 0 heterocycles. The van der Waals surface area contributed by atoms with E-state index in [-0.39, 0.29) is 5.41 Å². The lowest BCUT2D eigenvalue weighted by Gasteiger charge is -2.30. The zero-order valence-corrected chi connectivity index (χ0v) is 11.7. The molecule has 1 atom stereocenters. The molecule has 0 aliphatic carbocycles. The summed E-state index contributed by atoms with van der Waals surface area (Å²) in [5, 5.41) is 3.29. The van der Waals surface area contributed by atoms with Gasteiger partial charge >= 0.3 is 0 Å². The third-order valence-corrected chi connectivity index (χ3v) is 3.36. The minimum absolute atomic E-state index is 0.176. The van der Waals surface area contributed by atoms with Crippen molar-refractivity contribution < 1.29 is 8.78 Å². The van der Waals surface area contributed by atoms with Crippen LogP contribution in [-0.4, -0.2) is 13.1 Å². The summed E-state index contributed by atoms with van der Waals surface area (Å²) < 4.78 is 26.5. The summed E-state index contributed by atoms with van der Waals surface area (Å²) in [4.78, 5) is 0. The maximum Gasteiger partial charge on any atom is 0.162 e. The number of benzene rings is 1. The zero-order valence-electron chi connectivity index (χ0n) is 11.7. The first-order chi connectivity index (χ1) is 8.36. The maximum absolute atomic E-state index is 13.5. The van der Waals surface area contributed by atoms with E-state index in [1.165, 1.54) is 0 Å². The summed E-state index contributed by atoms with van der Waals surface area (Å²) in [7, 11) is 1.94. The second kappa shape index (κ2) is 6.28. The van der Waals surface area contributed by atoms with Crippen molar-refractivity contribution in [3.8, 4) is 0 Å². The number of nitrogens with one attached hydrogen (secondary N) is 1. The smallest absolute Gasteiger partial charge is 0.162 e. The van der Waals surface area contributed by atoms with Crippen LogP contribution in [0.2, 0.25) is 0 Å². The first-order valence-electron chi connectivity index (χ1n) is 6.46. The Balaban J connectivity index is 2.53. The van der Waals surface area contributed by atoms with Crippen LogP contribution in [0.1, 0.15) is 39.2 Å². The molecule has 18 heavy (non-hydrogen) atoms. The molecule has 0 bridgehead atoms. The Labute approximate surface area is 109 Å². The quantitative estimate of drug-likeness (QED) is 0.841. The van der Waals surface area contributed by atoms with E-state index in [1.807, 2.05) is 7.05 Å². The van der Waals surface area contributed by atoms with Crippen LogP contribution in [0.4, 0.5) is 8.78 Å². The molecule has 1 aromatic carbocycles. The van der Waals surface area contributed by atoms with Crippen molar-refractivity contribution in [2.45, 2.75) is 46.1 Å². The fourth-order valence-electron chi connectivity index (χ4n) is 2.25. The number of hydrogen-bond acceptors (Lipinski definition) is 1. The van der Waals surface area contributed by atoms with Gasteiger partial charge in [0.1, 0.15) is 0 Å². The Morgan fingerprint density at radius 1 is 1.22 bits per heavy atom. The van der Waals surface area contributed by atoms with Crippen molar-refractivity contribution in [1.82, 2.24) is 5.32 Å². The molecule has 0 spiro atoms. The van der Waals surface area contributed by atoms with Crippen LogP contribution >= 0.6 is 0 Å². The molecule has 102 valence electrons. The van der Waals surface area contributed by atoms with Crippen molar-refractivity contribution in [1.29, 1.82) is 0 Å². The topological polar surface area (TPSA) is 12.0 Å². The van der Waals surface area contributed by atoms with Crippen molar-refractivity contribution in [2.75, 3.05) is 7.05 Å². The number of rotatable bonds is 5. The number of aryl methyl sites for hydroxylation is 1. The van der Waals surface area contributed by atoms with Crippen molar-refractivity contribution >= 4 is 0 Å². The van der Waals surface area contributed by atoms with Crippen LogP contribution < -0.4 is 5.32 Å². The number of halogens is 2. The van der Waals surface area contributed by atoms with Gasteiger partial charge in [-0.3, -0.25) is 0 Å².